The molecule has 6 nitrogen and oxygen atoms in total. The molecule has 0 aliphatic rings. The predicted octanol–water partition coefficient (Wildman–Crippen LogP) is 1.06. The van der Waals surface area contributed by atoms with Crippen LogP contribution in [0.5, 0.6) is 0 Å². The summed E-state index contributed by atoms with van der Waals surface area (Å²) in [6.07, 6.45) is 0. The van der Waals surface area contributed by atoms with Crippen molar-refractivity contribution >= 4 is 11.6 Å². The third-order valence-electron chi connectivity index (χ3n) is 2.46. The number of hydrogen-bond acceptors (Lipinski definition) is 6. The van der Waals surface area contributed by atoms with Crippen molar-refractivity contribution in [2.75, 3.05) is 38.0 Å². The summed E-state index contributed by atoms with van der Waals surface area (Å²) in [7, 11) is 3.41. The Balaban J connectivity index is 2.89. The van der Waals surface area contributed by atoms with Gasteiger partial charge in [-0.3, -0.25) is 0 Å². The molecule has 0 saturated carbocycles. The molecule has 1 heterocycles. The van der Waals surface area contributed by atoms with Crippen LogP contribution in [0.1, 0.15) is 25.6 Å². The zero-order chi connectivity index (χ0) is 13.5. The summed E-state index contributed by atoms with van der Waals surface area (Å²) in [6, 6.07) is 1.64. The average Bonchev–Trinajstić information content (AvgIpc) is 2.37. The van der Waals surface area contributed by atoms with Crippen LogP contribution in [0, 0.1) is 0 Å². The first kappa shape index (κ1) is 14.7. The van der Waals surface area contributed by atoms with E-state index in [4.69, 9.17) is 4.74 Å². The smallest absolute Gasteiger partial charge is 0.135 e. The van der Waals surface area contributed by atoms with E-state index in [9.17, 15) is 5.11 Å². The van der Waals surface area contributed by atoms with Crippen molar-refractivity contribution in [1.29, 1.82) is 0 Å². The van der Waals surface area contributed by atoms with Crippen LogP contribution < -0.4 is 10.6 Å². The van der Waals surface area contributed by atoms with Crippen LogP contribution in [0.3, 0.4) is 0 Å². The highest BCUT2D eigenvalue weighted by Crippen LogP contribution is 2.17. The van der Waals surface area contributed by atoms with Gasteiger partial charge in [0.15, 0.2) is 0 Å². The second-order valence-corrected chi connectivity index (χ2v) is 4.38. The van der Waals surface area contributed by atoms with Gasteiger partial charge in [0, 0.05) is 26.1 Å². The predicted molar refractivity (Wildman–Crippen MR) is 72.0 cm³/mol. The summed E-state index contributed by atoms with van der Waals surface area (Å²) in [5, 5.41) is 15.4. The molecule has 0 aliphatic carbocycles. The molecule has 0 aromatic carbocycles. The number of methoxy groups -OCH3 is 1. The normalized spacial score (nSPS) is 12.6. The van der Waals surface area contributed by atoms with E-state index in [-0.39, 0.29) is 18.6 Å². The van der Waals surface area contributed by atoms with Gasteiger partial charge in [-0.15, -0.1) is 0 Å². The molecular formula is C12H22N4O2. The Labute approximate surface area is 108 Å². The zero-order valence-corrected chi connectivity index (χ0v) is 11.4. The topological polar surface area (TPSA) is 79.3 Å². The molecular weight excluding hydrogens is 232 g/mol. The van der Waals surface area contributed by atoms with E-state index in [1.165, 1.54) is 0 Å². The molecule has 0 radical (unpaired) electrons. The fraction of sp³-hybridized carbons (Fsp3) is 0.667. The van der Waals surface area contributed by atoms with E-state index < -0.39 is 0 Å². The Hall–Kier alpha value is -1.40. The number of rotatable bonds is 7. The summed E-state index contributed by atoms with van der Waals surface area (Å²) < 4.78 is 5.02. The Morgan fingerprint density at radius 3 is 2.50 bits per heavy atom. The van der Waals surface area contributed by atoms with E-state index in [0.29, 0.717) is 12.4 Å². The molecule has 1 rings (SSSR count). The standard InChI is InChI=1S/C12H22N4O2/c1-8(2)12-15-10(13-3)5-11(16-12)14-9(6-17)7-18-4/h5,8-9,17H,6-7H2,1-4H3,(H2,13,14,15,16). The van der Waals surface area contributed by atoms with Gasteiger partial charge < -0.3 is 20.5 Å². The Morgan fingerprint density at radius 1 is 1.33 bits per heavy atom. The number of nitrogens with one attached hydrogen (secondary N) is 2. The third-order valence-corrected chi connectivity index (χ3v) is 2.46. The number of aliphatic hydroxyl groups is 1. The lowest BCUT2D eigenvalue weighted by Crippen LogP contribution is -2.29. The fourth-order valence-electron chi connectivity index (χ4n) is 1.48. The van der Waals surface area contributed by atoms with Crippen LogP contribution in [0.25, 0.3) is 0 Å². The van der Waals surface area contributed by atoms with Gasteiger partial charge in [0.2, 0.25) is 0 Å². The lowest BCUT2D eigenvalue weighted by atomic mass is 10.2. The molecule has 0 aliphatic heterocycles. The van der Waals surface area contributed by atoms with E-state index in [2.05, 4.69) is 20.6 Å². The third kappa shape index (κ3) is 4.12. The number of aromatic nitrogens is 2. The molecule has 1 aromatic heterocycles. The highest BCUT2D eigenvalue weighted by atomic mass is 16.5. The number of ether oxygens (including phenoxy) is 1. The average molecular weight is 254 g/mol. The van der Waals surface area contributed by atoms with Gasteiger partial charge in [-0.1, -0.05) is 13.8 Å². The van der Waals surface area contributed by atoms with Crippen molar-refractivity contribution in [3.8, 4) is 0 Å². The Bertz CT molecular complexity index is 371. The van der Waals surface area contributed by atoms with E-state index in [0.717, 1.165) is 11.6 Å². The Morgan fingerprint density at radius 2 is 2.00 bits per heavy atom. The van der Waals surface area contributed by atoms with Crippen LogP contribution in [0.15, 0.2) is 6.07 Å². The van der Waals surface area contributed by atoms with Crippen molar-refractivity contribution < 1.29 is 9.84 Å². The molecule has 1 atom stereocenters. The first-order valence-corrected chi connectivity index (χ1v) is 6.03. The van der Waals surface area contributed by atoms with Crippen LogP contribution in [0.4, 0.5) is 11.6 Å². The van der Waals surface area contributed by atoms with Crippen LogP contribution >= 0.6 is 0 Å². The molecule has 0 fully saturated rings. The van der Waals surface area contributed by atoms with Crippen LogP contribution in [-0.2, 0) is 4.74 Å². The lowest BCUT2D eigenvalue weighted by molar-refractivity contribution is 0.153. The SMILES string of the molecule is CNc1cc(NC(CO)COC)nc(C(C)C)n1. The number of hydrogen-bond donors (Lipinski definition) is 3. The van der Waals surface area contributed by atoms with Crippen molar-refractivity contribution in [3.63, 3.8) is 0 Å². The Kier molecular flexibility index (Phi) is 5.80. The monoisotopic (exact) mass is 254 g/mol. The molecule has 6 heteroatoms. The molecule has 1 unspecified atom stereocenters. The minimum atomic E-state index is -0.172. The first-order valence-electron chi connectivity index (χ1n) is 6.03. The minimum absolute atomic E-state index is 0.0102. The molecule has 18 heavy (non-hydrogen) atoms. The molecule has 0 amide bonds. The van der Waals surface area contributed by atoms with E-state index in [1.807, 2.05) is 27.0 Å². The number of aliphatic hydroxyl groups excluding tert-OH is 1. The number of anilines is 2. The fourth-order valence-corrected chi connectivity index (χ4v) is 1.48. The summed E-state index contributed by atoms with van der Waals surface area (Å²) in [6.45, 7) is 4.49. The lowest BCUT2D eigenvalue weighted by Gasteiger charge is -2.17. The van der Waals surface area contributed by atoms with Gasteiger partial charge in [0.05, 0.1) is 19.3 Å². The second kappa shape index (κ2) is 7.13. The van der Waals surface area contributed by atoms with Crippen molar-refractivity contribution in [3.05, 3.63) is 11.9 Å². The minimum Gasteiger partial charge on any atom is -0.394 e. The van der Waals surface area contributed by atoms with E-state index >= 15 is 0 Å². The maximum absolute atomic E-state index is 9.22. The molecule has 3 N–H and O–H groups in total. The van der Waals surface area contributed by atoms with Gasteiger partial charge >= 0.3 is 0 Å². The number of nitrogens with zero attached hydrogens (tertiary/aromatic N) is 2. The maximum Gasteiger partial charge on any atom is 0.135 e. The first-order chi connectivity index (χ1) is 8.60. The summed E-state index contributed by atoms with van der Waals surface area (Å²) in [4.78, 5) is 8.80. The van der Waals surface area contributed by atoms with Crippen LogP contribution in [0.2, 0.25) is 0 Å². The van der Waals surface area contributed by atoms with Crippen LogP contribution in [-0.4, -0.2) is 48.5 Å². The van der Waals surface area contributed by atoms with Gasteiger partial charge in [-0.05, 0) is 0 Å². The van der Waals surface area contributed by atoms with Gasteiger partial charge in [-0.25, -0.2) is 9.97 Å². The summed E-state index contributed by atoms with van der Waals surface area (Å²) in [5.41, 5.74) is 0. The van der Waals surface area contributed by atoms with Gasteiger partial charge in [-0.2, -0.15) is 0 Å². The molecule has 1 aromatic rings. The molecule has 0 saturated heterocycles. The quantitative estimate of drug-likeness (QED) is 0.675. The van der Waals surface area contributed by atoms with Crippen molar-refractivity contribution in [2.45, 2.75) is 25.8 Å². The van der Waals surface area contributed by atoms with Gasteiger partial charge in [0.1, 0.15) is 17.5 Å². The van der Waals surface area contributed by atoms with Crippen molar-refractivity contribution in [1.82, 2.24) is 9.97 Å². The molecule has 0 spiro atoms. The summed E-state index contributed by atoms with van der Waals surface area (Å²) in [5.74, 6) is 2.45. The molecule has 0 bridgehead atoms. The maximum atomic E-state index is 9.22. The van der Waals surface area contributed by atoms with Gasteiger partial charge in [0.25, 0.3) is 0 Å². The largest absolute Gasteiger partial charge is 0.394 e. The van der Waals surface area contributed by atoms with Crippen molar-refractivity contribution in [2.24, 2.45) is 0 Å². The molecule has 102 valence electrons. The highest BCUT2D eigenvalue weighted by molar-refractivity contribution is 5.48. The zero-order valence-electron chi connectivity index (χ0n) is 11.4. The second-order valence-electron chi connectivity index (χ2n) is 4.38. The highest BCUT2D eigenvalue weighted by Gasteiger charge is 2.11. The van der Waals surface area contributed by atoms with E-state index in [1.54, 1.807) is 7.11 Å². The summed E-state index contributed by atoms with van der Waals surface area (Å²) >= 11 is 0.